The molecule has 8 heteroatoms. The van der Waals surface area contributed by atoms with Gasteiger partial charge in [0.2, 0.25) is 0 Å². The van der Waals surface area contributed by atoms with E-state index >= 15 is 0 Å². The van der Waals surface area contributed by atoms with Crippen LogP contribution in [-0.4, -0.2) is 36.2 Å². The van der Waals surface area contributed by atoms with E-state index in [1.54, 1.807) is 6.07 Å². The minimum atomic E-state index is -1.11. The number of urea groups is 1. The number of benzene rings is 1. The Kier molecular flexibility index (Phi) is 4.85. The van der Waals surface area contributed by atoms with E-state index < -0.39 is 24.0 Å². The highest BCUT2D eigenvalue weighted by Crippen LogP contribution is 2.25. The number of hydrogen-bond donors (Lipinski definition) is 3. The monoisotopic (exact) mass is 320 g/mol. The summed E-state index contributed by atoms with van der Waals surface area (Å²) < 4.78 is 10.2. The minimum Gasteiger partial charge on any atom is -0.508 e. The van der Waals surface area contributed by atoms with Crippen molar-refractivity contribution in [3.05, 3.63) is 30.0 Å². The fraction of sp³-hybridized carbons (Fsp3) is 0.267. The second kappa shape index (κ2) is 6.82. The van der Waals surface area contributed by atoms with Crippen molar-refractivity contribution in [3.63, 3.8) is 0 Å². The smallest absolute Gasteiger partial charge is 0.321 e. The fourth-order valence-electron chi connectivity index (χ4n) is 1.93. The number of esters is 1. The molecule has 0 bridgehead atoms. The van der Waals surface area contributed by atoms with Gasteiger partial charge in [0.1, 0.15) is 11.3 Å². The van der Waals surface area contributed by atoms with Crippen molar-refractivity contribution in [1.82, 2.24) is 10.6 Å². The molecule has 3 amide bonds. The van der Waals surface area contributed by atoms with Gasteiger partial charge in [0.05, 0.1) is 12.7 Å². The normalized spacial score (nSPS) is 11.7. The molecule has 0 aliphatic carbocycles. The van der Waals surface area contributed by atoms with Gasteiger partial charge >= 0.3 is 12.0 Å². The number of aromatic hydroxyl groups is 1. The van der Waals surface area contributed by atoms with Gasteiger partial charge in [-0.15, -0.1) is 0 Å². The van der Waals surface area contributed by atoms with E-state index in [-0.39, 0.29) is 12.2 Å². The maximum absolute atomic E-state index is 11.9. The second-order valence-corrected chi connectivity index (χ2v) is 4.82. The maximum atomic E-state index is 11.9. The lowest BCUT2D eigenvalue weighted by molar-refractivity contribution is -0.153. The summed E-state index contributed by atoms with van der Waals surface area (Å²) in [6.45, 7) is 1.36. The number of furan rings is 1. The Morgan fingerprint density at radius 3 is 2.78 bits per heavy atom. The summed E-state index contributed by atoms with van der Waals surface area (Å²) in [7, 11) is 1.36. The summed E-state index contributed by atoms with van der Waals surface area (Å²) in [6, 6.07) is 3.85. The highest BCUT2D eigenvalue weighted by molar-refractivity contribution is 5.97. The first kappa shape index (κ1) is 16.3. The molecular weight excluding hydrogens is 304 g/mol. The van der Waals surface area contributed by atoms with Gasteiger partial charge in [-0.3, -0.25) is 14.9 Å². The standard InChI is InChI=1S/C15H16N2O6/c1-8(14(20)17-15(21)16-2)23-13(19)5-9-7-22-12-6-10(18)3-4-11(9)12/h3-4,6-8,18H,5H2,1-2H3,(H2,16,17,20,21)/t8-/m0/s1. The van der Waals surface area contributed by atoms with Gasteiger partial charge in [0, 0.05) is 24.1 Å². The molecular formula is C15H16N2O6. The van der Waals surface area contributed by atoms with Crippen LogP contribution < -0.4 is 10.6 Å². The van der Waals surface area contributed by atoms with Gasteiger partial charge in [-0.2, -0.15) is 0 Å². The molecule has 1 heterocycles. The Labute approximate surface area is 131 Å². The van der Waals surface area contributed by atoms with Crippen LogP contribution in [0.3, 0.4) is 0 Å². The Hall–Kier alpha value is -3.03. The number of fused-ring (bicyclic) bond motifs is 1. The van der Waals surface area contributed by atoms with Crippen molar-refractivity contribution in [2.45, 2.75) is 19.4 Å². The molecule has 2 rings (SSSR count). The molecule has 122 valence electrons. The summed E-state index contributed by atoms with van der Waals surface area (Å²) in [5.41, 5.74) is 1.02. The molecule has 0 saturated heterocycles. The Morgan fingerprint density at radius 2 is 2.09 bits per heavy atom. The van der Waals surface area contributed by atoms with Gasteiger partial charge in [0.25, 0.3) is 5.91 Å². The molecule has 0 aliphatic rings. The molecule has 8 nitrogen and oxygen atoms in total. The molecule has 0 radical (unpaired) electrons. The number of hydrogen-bond acceptors (Lipinski definition) is 6. The third-order valence-corrected chi connectivity index (χ3v) is 3.12. The number of amides is 3. The van der Waals surface area contributed by atoms with Crippen LogP contribution in [0.25, 0.3) is 11.0 Å². The number of imide groups is 1. The molecule has 1 aromatic heterocycles. The number of carbonyl (C=O) groups excluding carboxylic acids is 3. The Balaban J connectivity index is 1.98. The van der Waals surface area contributed by atoms with E-state index in [0.29, 0.717) is 16.5 Å². The predicted octanol–water partition coefficient (Wildman–Crippen LogP) is 1.07. The summed E-state index contributed by atoms with van der Waals surface area (Å²) in [6.07, 6.45) is 0.178. The van der Waals surface area contributed by atoms with Crippen LogP contribution in [0.4, 0.5) is 4.79 Å². The SMILES string of the molecule is CNC(=O)NC(=O)[C@H](C)OC(=O)Cc1coc2cc(O)ccc12. The number of phenolic OH excluding ortho intramolecular Hbond substituents is 1. The number of ether oxygens (including phenoxy) is 1. The first-order valence-electron chi connectivity index (χ1n) is 6.82. The first-order valence-corrected chi connectivity index (χ1v) is 6.82. The van der Waals surface area contributed by atoms with Crippen LogP contribution in [0.5, 0.6) is 5.75 Å². The largest absolute Gasteiger partial charge is 0.508 e. The molecule has 1 aromatic carbocycles. The van der Waals surface area contributed by atoms with Crippen LogP contribution in [0.1, 0.15) is 12.5 Å². The van der Waals surface area contributed by atoms with Crippen molar-refractivity contribution >= 4 is 28.9 Å². The average Bonchev–Trinajstić information content (AvgIpc) is 2.88. The summed E-state index contributed by atoms with van der Waals surface area (Å²) in [5, 5.41) is 14.3. The second-order valence-electron chi connectivity index (χ2n) is 4.82. The summed E-state index contributed by atoms with van der Waals surface area (Å²) in [5.74, 6) is -1.31. The molecule has 3 N–H and O–H groups in total. The highest BCUT2D eigenvalue weighted by Gasteiger charge is 2.20. The molecule has 0 unspecified atom stereocenters. The van der Waals surface area contributed by atoms with E-state index in [4.69, 9.17) is 9.15 Å². The number of carbonyl (C=O) groups is 3. The molecule has 23 heavy (non-hydrogen) atoms. The van der Waals surface area contributed by atoms with Gasteiger partial charge < -0.3 is 19.6 Å². The first-order chi connectivity index (χ1) is 10.9. The van der Waals surface area contributed by atoms with Crippen LogP contribution >= 0.6 is 0 Å². The molecule has 2 aromatic rings. The quantitative estimate of drug-likeness (QED) is 0.725. The topological polar surface area (TPSA) is 118 Å². The van der Waals surface area contributed by atoms with Crippen molar-refractivity contribution in [2.75, 3.05) is 7.05 Å². The molecule has 0 aliphatic heterocycles. The predicted molar refractivity (Wildman–Crippen MR) is 79.7 cm³/mol. The van der Waals surface area contributed by atoms with Gasteiger partial charge in [-0.25, -0.2) is 4.79 Å². The van der Waals surface area contributed by atoms with Crippen molar-refractivity contribution in [2.24, 2.45) is 0 Å². The van der Waals surface area contributed by atoms with Crippen LogP contribution in [-0.2, 0) is 20.7 Å². The number of nitrogens with one attached hydrogen (secondary N) is 2. The summed E-state index contributed by atoms with van der Waals surface area (Å²) in [4.78, 5) is 34.5. The highest BCUT2D eigenvalue weighted by atomic mass is 16.5. The van der Waals surface area contributed by atoms with Crippen molar-refractivity contribution in [1.29, 1.82) is 0 Å². The van der Waals surface area contributed by atoms with E-state index in [9.17, 15) is 19.5 Å². The molecule has 0 spiro atoms. The Bertz CT molecular complexity index is 752. The van der Waals surface area contributed by atoms with E-state index in [2.05, 4.69) is 5.32 Å². The lowest BCUT2D eigenvalue weighted by Gasteiger charge is -2.12. The van der Waals surface area contributed by atoms with Gasteiger partial charge in [-0.05, 0) is 19.1 Å². The van der Waals surface area contributed by atoms with E-state index in [0.717, 1.165) is 0 Å². The van der Waals surface area contributed by atoms with Crippen molar-refractivity contribution < 1.29 is 28.6 Å². The minimum absolute atomic E-state index is 0.0560. The third kappa shape index (κ3) is 4.00. The van der Waals surface area contributed by atoms with Gasteiger partial charge in [-0.1, -0.05) is 0 Å². The zero-order chi connectivity index (χ0) is 17.0. The van der Waals surface area contributed by atoms with Crippen LogP contribution in [0.2, 0.25) is 0 Å². The molecule has 1 atom stereocenters. The maximum Gasteiger partial charge on any atom is 0.321 e. The number of phenols is 1. The number of rotatable bonds is 4. The lowest BCUT2D eigenvalue weighted by atomic mass is 10.1. The zero-order valence-electron chi connectivity index (χ0n) is 12.6. The summed E-state index contributed by atoms with van der Waals surface area (Å²) >= 11 is 0. The van der Waals surface area contributed by atoms with Crippen molar-refractivity contribution in [3.8, 4) is 5.75 Å². The fourth-order valence-corrected chi connectivity index (χ4v) is 1.93. The molecule has 0 saturated carbocycles. The van der Waals surface area contributed by atoms with E-state index in [1.165, 1.54) is 32.4 Å². The van der Waals surface area contributed by atoms with Gasteiger partial charge in [0.15, 0.2) is 6.10 Å². The lowest BCUT2D eigenvalue weighted by Crippen LogP contribution is -2.43. The Morgan fingerprint density at radius 1 is 1.35 bits per heavy atom. The van der Waals surface area contributed by atoms with Crippen LogP contribution in [0, 0.1) is 0 Å². The van der Waals surface area contributed by atoms with E-state index in [1.807, 2.05) is 5.32 Å². The van der Waals surface area contributed by atoms with Crippen LogP contribution in [0.15, 0.2) is 28.9 Å². The third-order valence-electron chi connectivity index (χ3n) is 3.12. The zero-order valence-corrected chi connectivity index (χ0v) is 12.6. The average molecular weight is 320 g/mol. The molecule has 0 fully saturated rings.